The minimum absolute atomic E-state index is 0.0211. The van der Waals surface area contributed by atoms with Crippen LogP contribution in [0, 0.1) is 0 Å². The molecule has 7 heteroatoms. The van der Waals surface area contributed by atoms with E-state index >= 15 is 0 Å². The molecule has 0 saturated heterocycles. The highest BCUT2D eigenvalue weighted by molar-refractivity contribution is 5.92. The van der Waals surface area contributed by atoms with Gasteiger partial charge in [0.2, 0.25) is 11.5 Å². The first-order chi connectivity index (χ1) is 16.4. The molecule has 0 bridgehead atoms. The number of phenols is 4. The van der Waals surface area contributed by atoms with E-state index in [0.717, 1.165) is 10.8 Å². The molecule has 0 atom stereocenters. The van der Waals surface area contributed by atoms with Crippen LogP contribution in [0.4, 0.5) is 0 Å². The zero-order valence-electron chi connectivity index (χ0n) is 18.0. The monoisotopic (exact) mass is 456 g/mol. The molecule has 5 rings (SSSR count). The van der Waals surface area contributed by atoms with Crippen LogP contribution in [-0.4, -0.2) is 27.5 Å². The molecule has 0 aliphatic heterocycles. The van der Waals surface area contributed by atoms with Gasteiger partial charge in [0, 0.05) is 5.39 Å². The van der Waals surface area contributed by atoms with Gasteiger partial charge < -0.3 is 34.6 Å². The van der Waals surface area contributed by atoms with Crippen LogP contribution in [0.15, 0.2) is 78.9 Å². The summed E-state index contributed by atoms with van der Waals surface area (Å²) in [5.74, 6) is 0.0599. The minimum Gasteiger partial charge on any atom is -0.504 e. The second-order valence-electron chi connectivity index (χ2n) is 7.63. The number of hydrogen-bond acceptors (Lipinski definition) is 7. The molecule has 0 heterocycles. The van der Waals surface area contributed by atoms with Gasteiger partial charge in [0.15, 0.2) is 34.5 Å². The molecule has 4 N–H and O–H groups in total. The lowest BCUT2D eigenvalue weighted by Gasteiger charge is -2.15. The van der Waals surface area contributed by atoms with Crippen molar-refractivity contribution in [3.8, 4) is 51.7 Å². The Labute approximate surface area is 194 Å². The average Bonchev–Trinajstić information content (AvgIpc) is 2.84. The highest BCUT2D eigenvalue weighted by Gasteiger charge is 2.18. The van der Waals surface area contributed by atoms with Gasteiger partial charge in [-0.25, -0.2) is 0 Å². The number of hydrogen-bond donors (Lipinski definition) is 4. The molecule has 170 valence electrons. The zero-order valence-corrected chi connectivity index (χ0v) is 18.0. The molecule has 7 nitrogen and oxygen atoms in total. The van der Waals surface area contributed by atoms with E-state index < -0.39 is 5.75 Å². The standard InChI is InChI=1S/C27H20O7/c1-32-27-23(11-10-20(28)25(27)31)34-26-19-8-7-18(12-17(19)6-9-21(26)29)33-24-14-16-5-3-2-4-15(16)13-22(24)30/h2-14,28-31H,1H3. The Kier molecular flexibility index (Phi) is 5.14. The van der Waals surface area contributed by atoms with Gasteiger partial charge in [-0.15, -0.1) is 0 Å². The van der Waals surface area contributed by atoms with Crippen molar-refractivity contribution in [3.63, 3.8) is 0 Å². The summed E-state index contributed by atoms with van der Waals surface area (Å²) in [7, 11) is 1.33. The molecule has 0 saturated carbocycles. The number of ether oxygens (including phenoxy) is 3. The van der Waals surface area contributed by atoms with Gasteiger partial charge in [-0.1, -0.05) is 30.3 Å². The van der Waals surface area contributed by atoms with Crippen LogP contribution in [-0.2, 0) is 0 Å². The fraction of sp³-hybridized carbons (Fsp3) is 0.0370. The van der Waals surface area contributed by atoms with Gasteiger partial charge in [-0.05, 0) is 64.7 Å². The van der Waals surface area contributed by atoms with E-state index in [-0.39, 0.29) is 34.5 Å². The molecule has 0 aliphatic carbocycles. The topological polar surface area (TPSA) is 109 Å². The van der Waals surface area contributed by atoms with Crippen molar-refractivity contribution in [1.82, 2.24) is 0 Å². The minimum atomic E-state index is -0.467. The second-order valence-corrected chi connectivity index (χ2v) is 7.63. The van der Waals surface area contributed by atoms with Crippen molar-refractivity contribution in [1.29, 1.82) is 0 Å². The van der Waals surface area contributed by atoms with Gasteiger partial charge in [0.05, 0.1) is 7.11 Å². The van der Waals surface area contributed by atoms with Crippen LogP contribution < -0.4 is 14.2 Å². The van der Waals surface area contributed by atoms with Crippen molar-refractivity contribution in [2.45, 2.75) is 0 Å². The Morgan fingerprint density at radius 1 is 0.559 bits per heavy atom. The Bertz CT molecular complexity index is 1540. The Morgan fingerprint density at radius 3 is 2.06 bits per heavy atom. The normalized spacial score (nSPS) is 11.0. The van der Waals surface area contributed by atoms with Crippen molar-refractivity contribution in [2.24, 2.45) is 0 Å². The fourth-order valence-electron chi connectivity index (χ4n) is 3.78. The summed E-state index contributed by atoms with van der Waals surface area (Å²) >= 11 is 0. The molecule has 34 heavy (non-hydrogen) atoms. The summed E-state index contributed by atoms with van der Waals surface area (Å²) in [5.41, 5.74) is 0. The van der Waals surface area contributed by atoms with E-state index in [2.05, 4.69) is 0 Å². The van der Waals surface area contributed by atoms with Crippen LogP contribution in [0.2, 0.25) is 0 Å². The van der Waals surface area contributed by atoms with Crippen LogP contribution in [0.3, 0.4) is 0 Å². The van der Waals surface area contributed by atoms with Crippen molar-refractivity contribution in [3.05, 3.63) is 78.9 Å². The number of fused-ring (bicyclic) bond motifs is 2. The molecular formula is C27H20O7. The van der Waals surface area contributed by atoms with Gasteiger partial charge in [-0.2, -0.15) is 0 Å². The Balaban J connectivity index is 1.52. The quantitative estimate of drug-likeness (QED) is 0.226. The SMILES string of the molecule is COc1c(Oc2c(O)ccc3cc(Oc4cc5ccccc5cc4O)ccc23)ccc(O)c1O. The highest BCUT2D eigenvalue weighted by atomic mass is 16.5. The summed E-state index contributed by atoms with van der Waals surface area (Å²) in [4.78, 5) is 0. The number of rotatable bonds is 5. The lowest BCUT2D eigenvalue weighted by molar-refractivity contribution is 0.329. The first-order valence-electron chi connectivity index (χ1n) is 10.4. The van der Waals surface area contributed by atoms with Gasteiger partial charge >= 0.3 is 0 Å². The molecule has 0 amide bonds. The second kappa shape index (κ2) is 8.29. The van der Waals surface area contributed by atoms with Crippen LogP contribution in [0.5, 0.6) is 51.7 Å². The highest BCUT2D eigenvalue weighted by Crippen LogP contribution is 2.47. The van der Waals surface area contributed by atoms with Crippen LogP contribution in [0.25, 0.3) is 21.5 Å². The number of methoxy groups -OCH3 is 1. The summed E-state index contributed by atoms with van der Waals surface area (Å²) in [5, 5.41) is 43.7. The fourth-order valence-corrected chi connectivity index (χ4v) is 3.78. The molecule has 0 radical (unpaired) electrons. The molecule has 5 aromatic rings. The van der Waals surface area contributed by atoms with E-state index in [0.29, 0.717) is 22.3 Å². The van der Waals surface area contributed by atoms with E-state index in [4.69, 9.17) is 14.2 Å². The summed E-state index contributed by atoms with van der Waals surface area (Å²) in [6, 6.07) is 22.1. The maximum absolute atomic E-state index is 10.5. The first-order valence-corrected chi connectivity index (χ1v) is 10.4. The maximum atomic E-state index is 10.5. The van der Waals surface area contributed by atoms with E-state index in [1.165, 1.54) is 25.3 Å². The molecule has 0 aliphatic rings. The first kappa shape index (κ1) is 21.1. The molecule has 0 fully saturated rings. The third-order valence-electron chi connectivity index (χ3n) is 5.47. The van der Waals surface area contributed by atoms with Gasteiger partial charge in [0.1, 0.15) is 5.75 Å². The predicted molar refractivity (Wildman–Crippen MR) is 128 cm³/mol. The number of phenolic OH excluding ortho intramolecular Hbond substituents is 4. The van der Waals surface area contributed by atoms with Crippen molar-refractivity contribution in [2.75, 3.05) is 7.11 Å². The average molecular weight is 456 g/mol. The van der Waals surface area contributed by atoms with Crippen molar-refractivity contribution >= 4 is 21.5 Å². The largest absolute Gasteiger partial charge is 0.504 e. The smallest absolute Gasteiger partial charge is 0.207 e. The van der Waals surface area contributed by atoms with E-state index in [9.17, 15) is 20.4 Å². The Hall–Kier alpha value is -4.78. The summed E-state index contributed by atoms with van der Waals surface area (Å²) < 4.78 is 17.0. The predicted octanol–water partition coefficient (Wildman–Crippen LogP) is 6.41. The molecular weight excluding hydrogens is 436 g/mol. The Morgan fingerprint density at radius 2 is 1.29 bits per heavy atom. The maximum Gasteiger partial charge on any atom is 0.207 e. The molecule has 0 unspecified atom stereocenters. The van der Waals surface area contributed by atoms with Gasteiger partial charge in [-0.3, -0.25) is 0 Å². The summed E-state index contributed by atoms with van der Waals surface area (Å²) in [6.07, 6.45) is 0. The molecule has 5 aromatic carbocycles. The molecule has 0 spiro atoms. The lowest BCUT2D eigenvalue weighted by Crippen LogP contribution is -1.93. The zero-order chi connectivity index (χ0) is 23.8. The third kappa shape index (κ3) is 3.69. The summed E-state index contributed by atoms with van der Waals surface area (Å²) in [6.45, 7) is 0. The van der Waals surface area contributed by atoms with Gasteiger partial charge in [0.25, 0.3) is 0 Å². The van der Waals surface area contributed by atoms with E-state index in [1.807, 2.05) is 24.3 Å². The third-order valence-corrected chi connectivity index (χ3v) is 5.47. The van der Waals surface area contributed by atoms with Crippen LogP contribution >= 0.6 is 0 Å². The lowest BCUT2D eigenvalue weighted by atomic mass is 10.1. The van der Waals surface area contributed by atoms with E-state index in [1.54, 1.807) is 36.4 Å². The number of aromatic hydroxyl groups is 4. The van der Waals surface area contributed by atoms with Crippen LogP contribution in [0.1, 0.15) is 0 Å². The molecule has 0 aromatic heterocycles. The number of benzene rings is 5. The van der Waals surface area contributed by atoms with Crippen molar-refractivity contribution < 1.29 is 34.6 Å².